The first-order chi connectivity index (χ1) is 13.7. The number of amidine groups is 1. The monoisotopic (exact) mass is 398 g/mol. The van der Waals surface area contributed by atoms with Crippen LogP contribution >= 0.6 is 11.8 Å². The average Bonchev–Trinajstić information content (AvgIpc) is 2.74. The molecule has 0 atom stereocenters. The van der Waals surface area contributed by atoms with E-state index >= 15 is 0 Å². The maximum atomic E-state index is 6.06. The molecular formula is C21H26N4O2S. The van der Waals surface area contributed by atoms with Crippen molar-refractivity contribution in [2.75, 3.05) is 26.3 Å². The van der Waals surface area contributed by atoms with Crippen molar-refractivity contribution < 1.29 is 9.47 Å². The zero-order valence-corrected chi connectivity index (χ0v) is 16.9. The number of aromatic nitrogens is 1. The molecule has 7 heteroatoms. The second kappa shape index (κ2) is 10.8. The zero-order chi connectivity index (χ0) is 19.6. The largest absolute Gasteiger partial charge is 0.485 e. The number of benzene rings is 1. The number of nitrogens with zero attached hydrogens (tertiary/aromatic N) is 3. The lowest BCUT2D eigenvalue weighted by molar-refractivity contribution is 0.0341. The first-order valence-corrected chi connectivity index (χ1v) is 10.2. The van der Waals surface area contributed by atoms with Crippen LogP contribution in [0.15, 0.2) is 59.1 Å². The van der Waals surface area contributed by atoms with Gasteiger partial charge in [0.1, 0.15) is 6.61 Å². The van der Waals surface area contributed by atoms with Crippen LogP contribution in [0.25, 0.3) is 0 Å². The molecule has 28 heavy (non-hydrogen) atoms. The van der Waals surface area contributed by atoms with E-state index in [2.05, 4.69) is 14.9 Å². The van der Waals surface area contributed by atoms with E-state index in [9.17, 15) is 0 Å². The number of ether oxygens (including phenoxy) is 2. The summed E-state index contributed by atoms with van der Waals surface area (Å²) in [5.41, 5.74) is 8.18. The van der Waals surface area contributed by atoms with Crippen LogP contribution in [0, 0.1) is 0 Å². The lowest BCUT2D eigenvalue weighted by Crippen LogP contribution is -2.35. The van der Waals surface area contributed by atoms with Crippen LogP contribution in [0.1, 0.15) is 18.1 Å². The molecule has 6 nitrogen and oxygen atoms in total. The first kappa shape index (κ1) is 20.4. The van der Waals surface area contributed by atoms with Crippen molar-refractivity contribution in [3.05, 3.63) is 65.2 Å². The van der Waals surface area contributed by atoms with E-state index in [4.69, 9.17) is 15.2 Å². The third-order valence-electron chi connectivity index (χ3n) is 4.18. The molecule has 2 N–H and O–H groups in total. The van der Waals surface area contributed by atoms with Crippen molar-refractivity contribution >= 4 is 22.7 Å². The Morgan fingerprint density at radius 2 is 2.07 bits per heavy atom. The van der Waals surface area contributed by atoms with E-state index in [0.717, 1.165) is 44.0 Å². The molecule has 0 unspecified atom stereocenters. The van der Waals surface area contributed by atoms with Gasteiger partial charge in [0.2, 0.25) is 0 Å². The van der Waals surface area contributed by atoms with Gasteiger partial charge in [0.15, 0.2) is 16.7 Å². The normalized spacial score (nSPS) is 15.8. The Bertz CT molecular complexity index is 805. The van der Waals surface area contributed by atoms with E-state index < -0.39 is 0 Å². The fraction of sp³-hybridized carbons (Fsp3) is 0.333. The van der Waals surface area contributed by atoms with Crippen molar-refractivity contribution in [1.82, 2.24) is 9.88 Å². The summed E-state index contributed by atoms with van der Waals surface area (Å²) in [6.45, 7) is 6.59. The summed E-state index contributed by atoms with van der Waals surface area (Å²) in [7, 11) is 0. The van der Waals surface area contributed by atoms with Gasteiger partial charge in [0.25, 0.3) is 0 Å². The van der Waals surface area contributed by atoms with Crippen LogP contribution < -0.4 is 10.5 Å². The van der Waals surface area contributed by atoms with Gasteiger partial charge in [-0.25, -0.2) is 9.98 Å². The van der Waals surface area contributed by atoms with Crippen LogP contribution in [0.5, 0.6) is 5.75 Å². The van der Waals surface area contributed by atoms with Gasteiger partial charge < -0.3 is 15.2 Å². The van der Waals surface area contributed by atoms with Crippen LogP contribution in [0.4, 0.5) is 5.82 Å². The number of nitrogens with two attached hydrogens (primary N) is 1. The molecule has 0 aliphatic carbocycles. The molecule has 1 saturated heterocycles. The van der Waals surface area contributed by atoms with Crippen molar-refractivity contribution in [2.45, 2.75) is 20.1 Å². The quantitative estimate of drug-likeness (QED) is 0.566. The molecule has 1 aliphatic heterocycles. The van der Waals surface area contributed by atoms with E-state index in [1.54, 1.807) is 0 Å². The Balaban J connectivity index is 1.78. The fourth-order valence-electron chi connectivity index (χ4n) is 2.78. The molecule has 2 heterocycles. The van der Waals surface area contributed by atoms with Gasteiger partial charge in [0, 0.05) is 25.8 Å². The second-order valence-corrected chi connectivity index (χ2v) is 7.29. The molecular weight excluding hydrogens is 372 g/mol. The van der Waals surface area contributed by atoms with E-state index in [-0.39, 0.29) is 0 Å². The standard InChI is InChI=1S/C21H26N4O2S/c1-2-12-28-21(22)24-20-19(27-16-17-6-4-3-5-7-17)13-18(14-23-20)15-25-8-10-26-11-9-25/h2-7,12-14H,8-11,15-16H2,1H3,(H2,22,23,24)/b12-2+. The maximum Gasteiger partial charge on any atom is 0.197 e. The Morgan fingerprint density at radius 3 is 2.82 bits per heavy atom. The molecule has 1 aromatic heterocycles. The molecule has 0 saturated carbocycles. The topological polar surface area (TPSA) is 73.0 Å². The number of rotatable bonds is 7. The van der Waals surface area contributed by atoms with E-state index in [1.807, 2.05) is 61.0 Å². The number of allylic oxidation sites excluding steroid dienone is 1. The third kappa shape index (κ3) is 6.37. The Labute approximate surface area is 170 Å². The van der Waals surface area contributed by atoms with Crippen molar-refractivity contribution in [1.29, 1.82) is 0 Å². The average molecular weight is 399 g/mol. The summed E-state index contributed by atoms with van der Waals surface area (Å²) in [5.74, 6) is 1.13. The SMILES string of the molecule is C/C=C/S/C(N)=N\c1ncc(CN2CCOCC2)cc1OCc1ccccc1. The maximum absolute atomic E-state index is 6.06. The summed E-state index contributed by atoms with van der Waals surface area (Å²) in [4.78, 5) is 11.3. The van der Waals surface area contributed by atoms with Crippen molar-refractivity contribution in [3.8, 4) is 5.75 Å². The minimum atomic E-state index is 0.427. The van der Waals surface area contributed by atoms with Crippen molar-refractivity contribution in [2.24, 2.45) is 10.7 Å². The highest BCUT2D eigenvalue weighted by Gasteiger charge is 2.13. The molecule has 0 amide bonds. The minimum Gasteiger partial charge on any atom is -0.485 e. The Kier molecular flexibility index (Phi) is 7.90. The van der Waals surface area contributed by atoms with E-state index in [1.165, 1.54) is 11.8 Å². The first-order valence-electron chi connectivity index (χ1n) is 9.32. The van der Waals surface area contributed by atoms with E-state index in [0.29, 0.717) is 23.3 Å². The molecule has 2 aromatic rings. The van der Waals surface area contributed by atoms with Gasteiger partial charge in [-0.05, 0) is 29.5 Å². The third-order valence-corrected chi connectivity index (χ3v) is 4.92. The summed E-state index contributed by atoms with van der Waals surface area (Å²) in [5, 5.41) is 2.31. The number of hydrogen-bond acceptors (Lipinski definition) is 6. The van der Waals surface area contributed by atoms with Gasteiger partial charge in [-0.1, -0.05) is 48.2 Å². The summed E-state index contributed by atoms with van der Waals surface area (Å²) in [6, 6.07) is 12.1. The van der Waals surface area contributed by atoms with Gasteiger partial charge in [-0.3, -0.25) is 4.90 Å². The van der Waals surface area contributed by atoms with Gasteiger partial charge >= 0.3 is 0 Å². The number of hydrogen-bond donors (Lipinski definition) is 1. The zero-order valence-electron chi connectivity index (χ0n) is 16.1. The number of aliphatic imine (C=N–C) groups is 1. The fourth-order valence-corrected chi connectivity index (χ4v) is 3.19. The minimum absolute atomic E-state index is 0.427. The summed E-state index contributed by atoms with van der Waals surface area (Å²) in [6.07, 6.45) is 3.76. The molecule has 1 fully saturated rings. The number of thioether (sulfide) groups is 1. The van der Waals surface area contributed by atoms with Gasteiger partial charge in [-0.15, -0.1) is 0 Å². The Morgan fingerprint density at radius 1 is 1.29 bits per heavy atom. The summed E-state index contributed by atoms with van der Waals surface area (Å²) < 4.78 is 11.5. The number of morpholine rings is 1. The molecule has 0 spiro atoms. The predicted octanol–water partition coefficient (Wildman–Crippen LogP) is 3.71. The highest BCUT2D eigenvalue weighted by molar-refractivity contribution is 8.16. The summed E-state index contributed by atoms with van der Waals surface area (Å²) >= 11 is 1.36. The van der Waals surface area contributed by atoms with Crippen molar-refractivity contribution in [3.63, 3.8) is 0 Å². The van der Waals surface area contributed by atoms with Gasteiger partial charge in [-0.2, -0.15) is 0 Å². The van der Waals surface area contributed by atoms with Crippen LogP contribution in [0.2, 0.25) is 0 Å². The second-order valence-electron chi connectivity index (χ2n) is 6.37. The molecule has 0 bridgehead atoms. The molecule has 3 rings (SSSR count). The Hall–Kier alpha value is -2.35. The molecule has 1 aliphatic rings. The lowest BCUT2D eigenvalue weighted by atomic mass is 10.2. The van der Waals surface area contributed by atoms with Crippen LogP contribution in [0.3, 0.4) is 0 Å². The van der Waals surface area contributed by atoms with Gasteiger partial charge in [0.05, 0.1) is 13.2 Å². The molecule has 148 valence electrons. The highest BCUT2D eigenvalue weighted by atomic mass is 32.2. The molecule has 0 radical (unpaired) electrons. The predicted molar refractivity (Wildman–Crippen MR) is 115 cm³/mol. The lowest BCUT2D eigenvalue weighted by Gasteiger charge is -2.26. The smallest absolute Gasteiger partial charge is 0.197 e. The number of pyridine rings is 1. The van der Waals surface area contributed by atoms with Crippen LogP contribution in [-0.2, 0) is 17.9 Å². The molecule has 1 aromatic carbocycles. The van der Waals surface area contributed by atoms with Crippen LogP contribution in [-0.4, -0.2) is 41.4 Å². The highest BCUT2D eigenvalue weighted by Crippen LogP contribution is 2.28.